The van der Waals surface area contributed by atoms with Crippen LogP contribution in [0.5, 0.6) is 0 Å². The van der Waals surface area contributed by atoms with Crippen LogP contribution >= 0.6 is 11.6 Å². The molecule has 4 nitrogen and oxygen atoms in total. The van der Waals surface area contributed by atoms with Crippen molar-refractivity contribution in [2.24, 2.45) is 5.92 Å². The summed E-state index contributed by atoms with van der Waals surface area (Å²) in [6.07, 6.45) is 1.26. The molecule has 1 aromatic rings. The highest BCUT2D eigenvalue weighted by atomic mass is 35.5. The lowest BCUT2D eigenvalue weighted by molar-refractivity contribution is -0.484. The van der Waals surface area contributed by atoms with Gasteiger partial charge >= 0.3 is 0 Å². The van der Waals surface area contributed by atoms with Crippen molar-refractivity contribution in [2.45, 2.75) is 18.8 Å². The molecular formula is C12H12ClNO3. The standard InChI is InChI=1S/C12H12ClNO3/c13-11-4-2-1-3-8(11)10(7-14(16)17)9-5-6-12(9)15/h1-4,9-10H,5-7H2/t9-,10-/m0/s1. The van der Waals surface area contributed by atoms with E-state index < -0.39 is 0 Å². The Labute approximate surface area is 104 Å². The summed E-state index contributed by atoms with van der Waals surface area (Å²) < 4.78 is 0. The van der Waals surface area contributed by atoms with E-state index in [9.17, 15) is 14.9 Å². The highest BCUT2D eigenvalue weighted by Crippen LogP contribution is 2.39. The second kappa shape index (κ2) is 4.84. The lowest BCUT2D eigenvalue weighted by Gasteiger charge is -2.30. The van der Waals surface area contributed by atoms with E-state index in [1.54, 1.807) is 24.3 Å². The third-order valence-electron chi connectivity index (χ3n) is 3.25. The molecule has 1 aliphatic rings. The summed E-state index contributed by atoms with van der Waals surface area (Å²) in [6.45, 7) is -0.236. The van der Waals surface area contributed by atoms with Crippen molar-refractivity contribution in [1.82, 2.24) is 0 Å². The van der Waals surface area contributed by atoms with Gasteiger partial charge in [-0.2, -0.15) is 0 Å². The molecule has 17 heavy (non-hydrogen) atoms. The number of hydrogen-bond donors (Lipinski definition) is 0. The number of nitrogens with zero attached hydrogens (tertiary/aromatic N) is 1. The van der Waals surface area contributed by atoms with Crippen LogP contribution in [0, 0.1) is 16.0 Å². The van der Waals surface area contributed by atoms with E-state index in [4.69, 9.17) is 11.6 Å². The van der Waals surface area contributed by atoms with Crippen LogP contribution < -0.4 is 0 Å². The average Bonchev–Trinajstić information content (AvgIpc) is 2.26. The summed E-state index contributed by atoms with van der Waals surface area (Å²) in [6, 6.07) is 7.03. The van der Waals surface area contributed by atoms with Crippen LogP contribution in [0.15, 0.2) is 24.3 Å². The van der Waals surface area contributed by atoms with Gasteiger partial charge in [0.25, 0.3) is 0 Å². The van der Waals surface area contributed by atoms with E-state index in [1.807, 2.05) is 0 Å². The third-order valence-corrected chi connectivity index (χ3v) is 3.60. The molecule has 0 aliphatic heterocycles. The van der Waals surface area contributed by atoms with Crippen molar-refractivity contribution in [2.75, 3.05) is 6.54 Å². The second-order valence-corrected chi connectivity index (χ2v) is 4.66. The second-order valence-electron chi connectivity index (χ2n) is 4.25. The van der Waals surface area contributed by atoms with Crippen LogP contribution in [0.25, 0.3) is 0 Å². The fourth-order valence-corrected chi connectivity index (χ4v) is 2.51. The molecular weight excluding hydrogens is 242 g/mol. The number of nitro groups is 1. The van der Waals surface area contributed by atoms with Gasteiger partial charge in [-0.05, 0) is 18.1 Å². The van der Waals surface area contributed by atoms with Gasteiger partial charge in [0, 0.05) is 22.3 Å². The van der Waals surface area contributed by atoms with Gasteiger partial charge in [0.15, 0.2) is 0 Å². The summed E-state index contributed by atoms with van der Waals surface area (Å²) in [5.74, 6) is -0.517. The van der Waals surface area contributed by atoms with Crippen LogP contribution in [0.4, 0.5) is 0 Å². The molecule has 0 aromatic heterocycles. The van der Waals surface area contributed by atoms with Gasteiger partial charge in [0.2, 0.25) is 6.54 Å². The van der Waals surface area contributed by atoms with Crippen molar-refractivity contribution in [3.8, 4) is 0 Å². The average molecular weight is 254 g/mol. The van der Waals surface area contributed by atoms with E-state index in [0.717, 1.165) is 6.42 Å². The molecule has 2 atom stereocenters. The van der Waals surface area contributed by atoms with Gasteiger partial charge in [-0.15, -0.1) is 0 Å². The molecule has 0 saturated heterocycles. The molecule has 90 valence electrons. The molecule has 0 heterocycles. The van der Waals surface area contributed by atoms with Crippen molar-refractivity contribution in [3.05, 3.63) is 45.0 Å². The maximum absolute atomic E-state index is 11.5. The Bertz CT molecular complexity index is 461. The van der Waals surface area contributed by atoms with Gasteiger partial charge in [-0.25, -0.2) is 0 Å². The minimum Gasteiger partial charge on any atom is -0.299 e. The normalized spacial score (nSPS) is 20.8. The van der Waals surface area contributed by atoms with Gasteiger partial charge < -0.3 is 0 Å². The van der Waals surface area contributed by atoms with E-state index >= 15 is 0 Å². The first-order valence-electron chi connectivity index (χ1n) is 5.48. The smallest absolute Gasteiger partial charge is 0.211 e. The summed E-state index contributed by atoms with van der Waals surface area (Å²) in [7, 11) is 0. The Morgan fingerprint density at radius 1 is 1.47 bits per heavy atom. The van der Waals surface area contributed by atoms with Gasteiger partial charge in [-0.1, -0.05) is 29.8 Å². The van der Waals surface area contributed by atoms with Crippen LogP contribution in [0.3, 0.4) is 0 Å². The van der Waals surface area contributed by atoms with E-state index in [0.29, 0.717) is 17.0 Å². The van der Waals surface area contributed by atoms with Crippen molar-refractivity contribution in [1.29, 1.82) is 0 Å². The highest BCUT2D eigenvalue weighted by Gasteiger charge is 2.39. The molecule has 1 aliphatic carbocycles. The number of Topliss-reactive ketones (excluding diaryl/α,β-unsaturated/α-hetero) is 1. The molecule has 1 fully saturated rings. The predicted molar refractivity (Wildman–Crippen MR) is 63.8 cm³/mol. The zero-order valence-corrected chi connectivity index (χ0v) is 9.89. The number of ketones is 1. The van der Waals surface area contributed by atoms with E-state index in [-0.39, 0.29) is 29.1 Å². The van der Waals surface area contributed by atoms with E-state index in [2.05, 4.69) is 0 Å². The summed E-state index contributed by atoms with van der Waals surface area (Å²) >= 11 is 6.04. The Morgan fingerprint density at radius 2 is 2.18 bits per heavy atom. The van der Waals surface area contributed by atoms with Crippen LogP contribution in [-0.4, -0.2) is 17.3 Å². The van der Waals surface area contributed by atoms with Gasteiger partial charge in [-0.3, -0.25) is 14.9 Å². The number of carbonyl (C=O) groups is 1. The Morgan fingerprint density at radius 3 is 2.65 bits per heavy atom. The molecule has 1 saturated carbocycles. The highest BCUT2D eigenvalue weighted by molar-refractivity contribution is 6.31. The van der Waals surface area contributed by atoms with Crippen LogP contribution in [0.1, 0.15) is 24.3 Å². The Balaban J connectivity index is 2.29. The van der Waals surface area contributed by atoms with Crippen LogP contribution in [0.2, 0.25) is 5.02 Å². The fraction of sp³-hybridized carbons (Fsp3) is 0.417. The summed E-state index contributed by atoms with van der Waals surface area (Å²) in [5.41, 5.74) is 0.712. The lowest BCUT2D eigenvalue weighted by atomic mass is 9.72. The number of rotatable bonds is 4. The minimum atomic E-state index is -0.389. The first-order valence-corrected chi connectivity index (χ1v) is 5.86. The van der Waals surface area contributed by atoms with Crippen LogP contribution in [-0.2, 0) is 4.79 Å². The molecule has 1 aromatic carbocycles. The number of hydrogen-bond acceptors (Lipinski definition) is 3. The SMILES string of the molecule is O=C1CC[C@H]1[C@@H](C[N+](=O)[O-])c1ccccc1Cl. The predicted octanol–water partition coefficient (Wildman–Crippen LogP) is 2.68. The summed E-state index contributed by atoms with van der Waals surface area (Å²) in [5, 5.41) is 11.2. The summed E-state index contributed by atoms with van der Waals surface area (Å²) in [4.78, 5) is 21.8. The zero-order valence-electron chi connectivity index (χ0n) is 9.14. The molecule has 0 radical (unpaired) electrons. The molecule has 0 unspecified atom stereocenters. The molecule has 0 bridgehead atoms. The monoisotopic (exact) mass is 253 g/mol. The quantitative estimate of drug-likeness (QED) is 0.612. The molecule has 0 N–H and O–H groups in total. The first-order chi connectivity index (χ1) is 8.09. The number of halogens is 1. The third kappa shape index (κ3) is 2.47. The first kappa shape index (κ1) is 12.0. The molecule has 0 spiro atoms. The van der Waals surface area contributed by atoms with Crippen molar-refractivity contribution < 1.29 is 9.72 Å². The Kier molecular flexibility index (Phi) is 3.43. The zero-order chi connectivity index (χ0) is 12.4. The molecule has 0 amide bonds. The van der Waals surface area contributed by atoms with Gasteiger partial charge in [0.1, 0.15) is 5.78 Å². The lowest BCUT2D eigenvalue weighted by Crippen LogP contribution is -2.35. The maximum Gasteiger partial charge on any atom is 0.211 e. The number of benzene rings is 1. The Hall–Kier alpha value is -1.42. The largest absolute Gasteiger partial charge is 0.299 e. The van der Waals surface area contributed by atoms with Crippen molar-refractivity contribution in [3.63, 3.8) is 0 Å². The number of carbonyl (C=O) groups excluding carboxylic acids is 1. The van der Waals surface area contributed by atoms with Gasteiger partial charge in [0.05, 0.1) is 5.92 Å². The molecule has 5 heteroatoms. The topological polar surface area (TPSA) is 60.2 Å². The maximum atomic E-state index is 11.5. The molecule has 2 rings (SSSR count). The van der Waals surface area contributed by atoms with E-state index in [1.165, 1.54) is 0 Å². The fourth-order valence-electron chi connectivity index (χ4n) is 2.23. The van der Waals surface area contributed by atoms with Crippen molar-refractivity contribution >= 4 is 17.4 Å². The minimum absolute atomic E-state index is 0.108.